The van der Waals surface area contributed by atoms with Crippen LogP contribution in [0.3, 0.4) is 0 Å². The van der Waals surface area contributed by atoms with Crippen molar-refractivity contribution in [2.75, 3.05) is 7.11 Å². The number of rotatable bonds is 2. The summed E-state index contributed by atoms with van der Waals surface area (Å²) < 4.78 is 30.7. The van der Waals surface area contributed by atoms with Gasteiger partial charge >= 0.3 is 0 Å². The largest absolute Gasteiger partial charge is 0.496 e. The lowest BCUT2D eigenvalue weighted by atomic mass is 10.3. The second-order valence-electron chi connectivity index (χ2n) is 2.15. The maximum atomic E-state index is 12.5. The first-order chi connectivity index (χ1) is 6.06. The molecule has 1 heterocycles. The molecule has 1 aromatic rings. The molecular formula is C7H5F2I2NO. The van der Waals surface area contributed by atoms with Gasteiger partial charge in [0.1, 0.15) is 13.2 Å². The topological polar surface area (TPSA) is 22.1 Å². The molecule has 0 unspecified atom stereocenters. The van der Waals surface area contributed by atoms with Crippen molar-refractivity contribution in [1.82, 2.24) is 4.98 Å². The van der Waals surface area contributed by atoms with Crippen LogP contribution < -0.4 is 4.74 Å². The molecule has 0 saturated heterocycles. The van der Waals surface area contributed by atoms with Crippen molar-refractivity contribution < 1.29 is 13.5 Å². The lowest BCUT2D eigenvalue weighted by molar-refractivity contribution is 0.145. The third-order valence-electron chi connectivity index (χ3n) is 1.38. The molecule has 0 aromatic carbocycles. The van der Waals surface area contributed by atoms with Gasteiger partial charge in [0.15, 0.2) is 0 Å². The number of alkyl halides is 2. The van der Waals surface area contributed by atoms with Gasteiger partial charge < -0.3 is 4.74 Å². The molecular weight excluding hydrogens is 406 g/mol. The van der Waals surface area contributed by atoms with Crippen molar-refractivity contribution in [3.8, 4) is 5.75 Å². The third-order valence-corrected chi connectivity index (χ3v) is 2.76. The maximum Gasteiger partial charge on any atom is 0.269 e. The molecule has 0 fully saturated rings. The Labute approximate surface area is 101 Å². The zero-order chi connectivity index (χ0) is 10.0. The Hall–Kier alpha value is 0.270. The minimum absolute atomic E-state index is 0.136. The smallest absolute Gasteiger partial charge is 0.269 e. The standard InChI is InChI=1S/C7H5F2I2NO/c1-13-3-2-4(10)12-7(11)5(3)6(8)9/h2,6H,1H3. The Kier molecular flexibility index (Phi) is 4.07. The molecule has 0 aliphatic rings. The Bertz CT molecular complexity index is 320. The van der Waals surface area contributed by atoms with Crippen LogP contribution in [0.5, 0.6) is 5.75 Å². The quantitative estimate of drug-likeness (QED) is 0.551. The molecule has 2 nitrogen and oxygen atoms in total. The van der Waals surface area contributed by atoms with Gasteiger partial charge in [0.05, 0.1) is 12.7 Å². The van der Waals surface area contributed by atoms with E-state index in [2.05, 4.69) is 4.98 Å². The minimum atomic E-state index is -2.55. The first-order valence-corrected chi connectivity index (χ1v) is 5.40. The highest BCUT2D eigenvalue weighted by molar-refractivity contribution is 14.1. The lowest BCUT2D eigenvalue weighted by Crippen LogP contribution is -2.00. The van der Waals surface area contributed by atoms with Crippen molar-refractivity contribution >= 4 is 45.2 Å². The zero-order valence-corrected chi connectivity index (χ0v) is 10.8. The summed E-state index contributed by atoms with van der Waals surface area (Å²) in [7, 11) is 1.37. The Balaban J connectivity index is 3.30. The van der Waals surface area contributed by atoms with Gasteiger partial charge in [-0.25, -0.2) is 13.8 Å². The zero-order valence-electron chi connectivity index (χ0n) is 6.52. The molecule has 0 amide bonds. The van der Waals surface area contributed by atoms with Crippen molar-refractivity contribution in [2.45, 2.75) is 6.43 Å². The number of aromatic nitrogens is 1. The summed E-state index contributed by atoms with van der Waals surface area (Å²) in [6.07, 6.45) is -2.55. The molecule has 0 atom stereocenters. The highest BCUT2D eigenvalue weighted by Gasteiger charge is 2.19. The molecule has 0 saturated carbocycles. The summed E-state index contributed by atoms with van der Waals surface area (Å²) in [5, 5.41) is 0. The lowest BCUT2D eigenvalue weighted by Gasteiger charge is -2.09. The third kappa shape index (κ3) is 2.61. The summed E-state index contributed by atoms with van der Waals surface area (Å²) in [6, 6.07) is 1.49. The summed E-state index contributed by atoms with van der Waals surface area (Å²) in [5.41, 5.74) is -0.136. The molecule has 0 N–H and O–H groups in total. The van der Waals surface area contributed by atoms with E-state index in [9.17, 15) is 8.78 Å². The number of halogens is 4. The van der Waals surface area contributed by atoms with Gasteiger partial charge in [-0.1, -0.05) is 0 Å². The monoisotopic (exact) mass is 411 g/mol. The maximum absolute atomic E-state index is 12.5. The van der Waals surface area contributed by atoms with Gasteiger partial charge in [-0.3, -0.25) is 0 Å². The van der Waals surface area contributed by atoms with Crippen LogP contribution in [0.4, 0.5) is 8.78 Å². The number of nitrogens with zero attached hydrogens (tertiary/aromatic N) is 1. The predicted octanol–water partition coefficient (Wildman–Crippen LogP) is 3.24. The molecule has 0 aliphatic carbocycles. The van der Waals surface area contributed by atoms with Gasteiger partial charge in [0, 0.05) is 6.07 Å². The summed E-state index contributed by atoms with van der Waals surface area (Å²) in [4.78, 5) is 3.92. The van der Waals surface area contributed by atoms with Gasteiger partial charge in [0.25, 0.3) is 6.43 Å². The van der Waals surface area contributed by atoms with Crippen LogP contribution in [0, 0.1) is 7.40 Å². The molecule has 13 heavy (non-hydrogen) atoms. The Morgan fingerprint density at radius 3 is 2.54 bits per heavy atom. The fraction of sp³-hybridized carbons (Fsp3) is 0.286. The SMILES string of the molecule is COc1cc(I)nc(I)c1C(F)F. The van der Waals surface area contributed by atoms with E-state index in [-0.39, 0.29) is 15.0 Å². The van der Waals surface area contributed by atoms with Crippen LogP contribution in [0.1, 0.15) is 12.0 Å². The highest BCUT2D eigenvalue weighted by Crippen LogP contribution is 2.32. The van der Waals surface area contributed by atoms with Gasteiger partial charge in [-0.15, -0.1) is 0 Å². The molecule has 1 rings (SSSR count). The van der Waals surface area contributed by atoms with E-state index in [1.165, 1.54) is 13.2 Å². The van der Waals surface area contributed by atoms with Gasteiger partial charge in [0.2, 0.25) is 0 Å². The summed E-state index contributed by atoms with van der Waals surface area (Å²) in [5.74, 6) is 0.193. The number of hydrogen-bond acceptors (Lipinski definition) is 2. The number of pyridine rings is 1. The second-order valence-corrected chi connectivity index (χ2v) is 4.28. The van der Waals surface area contributed by atoms with Crippen molar-refractivity contribution in [2.24, 2.45) is 0 Å². The van der Waals surface area contributed by atoms with E-state index in [1.54, 1.807) is 22.6 Å². The molecule has 1 aromatic heterocycles. The number of methoxy groups -OCH3 is 1. The van der Waals surface area contributed by atoms with E-state index < -0.39 is 6.43 Å². The molecule has 72 valence electrons. The van der Waals surface area contributed by atoms with Crippen molar-refractivity contribution in [3.05, 3.63) is 19.0 Å². The fourth-order valence-corrected chi connectivity index (χ4v) is 2.59. The molecule has 6 heteroatoms. The Morgan fingerprint density at radius 1 is 1.46 bits per heavy atom. The number of ether oxygens (including phenoxy) is 1. The Morgan fingerprint density at radius 2 is 2.08 bits per heavy atom. The normalized spacial score (nSPS) is 10.6. The van der Waals surface area contributed by atoms with Crippen LogP contribution in [-0.4, -0.2) is 12.1 Å². The average molecular weight is 411 g/mol. The van der Waals surface area contributed by atoms with E-state index in [0.717, 1.165) is 0 Å². The van der Waals surface area contributed by atoms with E-state index >= 15 is 0 Å². The van der Waals surface area contributed by atoms with Crippen LogP contribution in [0.2, 0.25) is 0 Å². The first-order valence-electron chi connectivity index (χ1n) is 3.24. The van der Waals surface area contributed by atoms with Gasteiger partial charge in [-0.2, -0.15) is 0 Å². The molecule has 0 spiro atoms. The fourth-order valence-electron chi connectivity index (χ4n) is 0.840. The first kappa shape index (κ1) is 11.3. The van der Waals surface area contributed by atoms with Crippen molar-refractivity contribution in [3.63, 3.8) is 0 Å². The van der Waals surface area contributed by atoms with Crippen molar-refractivity contribution in [1.29, 1.82) is 0 Å². The van der Waals surface area contributed by atoms with Crippen LogP contribution >= 0.6 is 45.2 Å². The summed E-state index contributed by atoms with van der Waals surface area (Å²) >= 11 is 3.73. The predicted molar refractivity (Wildman–Crippen MR) is 61.2 cm³/mol. The van der Waals surface area contributed by atoms with Crippen LogP contribution in [0.15, 0.2) is 6.07 Å². The van der Waals surface area contributed by atoms with Gasteiger partial charge in [-0.05, 0) is 45.2 Å². The van der Waals surface area contributed by atoms with Crippen LogP contribution in [0.25, 0.3) is 0 Å². The van der Waals surface area contributed by atoms with Crippen LogP contribution in [-0.2, 0) is 0 Å². The summed E-state index contributed by atoms with van der Waals surface area (Å²) in [6.45, 7) is 0. The minimum Gasteiger partial charge on any atom is -0.496 e. The second kappa shape index (κ2) is 4.67. The highest BCUT2D eigenvalue weighted by atomic mass is 127. The molecule has 0 aliphatic heterocycles. The molecule has 0 radical (unpaired) electrons. The average Bonchev–Trinajstić information content (AvgIpc) is 2.01. The number of hydrogen-bond donors (Lipinski definition) is 0. The molecule has 0 bridgehead atoms. The van der Waals surface area contributed by atoms with E-state index in [0.29, 0.717) is 3.70 Å². The van der Waals surface area contributed by atoms with E-state index in [4.69, 9.17) is 4.74 Å². The van der Waals surface area contributed by atoms with E-state index in [1.807, 2.05) is 22.6 Å².